The number of hydrogen-bond acceptors (Lipinski definition) is 0. The van der Waals surface area contributed by atoms with Crippen LogP contribution >= 0.6 is 0 Å². The van der Waals surface area contributed by atoms with Crippen LogP contribution in [-0.2, 0) is 0 Å². The van der Waals surface area contributed by atoms with Crippen molar-refractivity contribution in [1.29, 1.82) is 0 Å². The Hall–Kier alpha value is 6.61. The fourth-order valence-corrected chi connectivity index (χ4v) is 503. The normalized spacial score (nSPS) is 26.0. The Kier molecular flexibility index (Phi) is 7.94. The molecular weight excluding hydrogens is 1350 g/mol. The van der Waals surface area contributed by atoms with E-state index >= 15 is 0 Å². The number of fused-ring (bicyclic) bond motifs is 8. The molecule has 0 unspecified atom stereocenters. The first-order valence-electron chi connectivity index (χ1n) is 11.2. The first-order valence-corrected chi connectivity index (χ1v) is 58.4. The summed E-state index contributed by atoms with van der Waals surface area (Å²) in [6.07, 6.45) is 0. The van der Waals surface area contributed by atoms with Crippen LogP contribution in [0.3, 0.4) is 0 Å². The molecule has 0 aromatic carbocycles. The van der Waals surface area contributed by atoms with E-state index in [2.05, 4.69) is 45.6 Å². The molecular formula is C16H16Ge16. The minimum absolute atomic E-state index is 0.0683. The topological polar surface area (TPSA) is 0 Å². The number of hydrogen-bond donors (Lipinski definition) is 0. The fourth-order valence-electron chi connectivity index (χ4n) is 6.01. The molecule has 0 bridgehead atoms. The van der Waals surface area contributed by atoms with Crippen LogP contribution < -0.4 is 0 Å². The number of rotatable bonds is 0. The van der Waals surface area contributed by atoms with Crippen LogP contribution in [0.1, 0.15) is 0 Å². The summed E-state index contributed by atoms with van der Waals surface area (Å²) in [6, 6.07) is 0. The zero-order chi connectivity index (χ0) is 20.6. The maximum atomic E-state index is 3.39. The summed E-state index contributed by atoms with van der Waals surface area (Å²) in [4.78, 5) is 0. The van der Waals surface area contributed by atoms with Crippen molar-refractivity contribution in [3.8, 4) is 0 Å². The molecule has 0 aliphatic carbocycles. The van der Waals surface area contributed by atoms with Crippen LogP contribution in [-0.4, -0.2) is 277 Å². The molecule has 8 rings (SSSR count). The molecule has 32 heavy (non-hydrogen) atoms. The van der Waals surface area contributed by atoms with Gasteiger partial charge in [0.1, 0.15) is 0 Å². The van der Waals surface area contributed by atoms with Gasteiger partial charge in [0.05, 0.1) is 0 Å². The van der Waals surface area contributed by atoms with Crippen molar-refractivity contribution in [2.75, 3.05) is 0 Å². The summed E-state index contributed by atoms with van der Waals surface area (Å²) in [5.41, 5.74) is 0. The predicted molar refractivity (Wildman–Crippen MR) is 192 cm³/mol. The van der Waals surface area contributed by atoms with Gasteiger partial charge in [0.15, 0.2) is 0 Å². The van der Waals surface area contributed by atoms with Crippen LogP contribution in [0, 0.1) is 0 Å². The molecule has 0 radical (unpaired) electrons. The molecule has 0 nitrogen and oxygen atoms in total. The van der Waals surface area contributed by atoms with Gasteiger partial charge in [-0.1, -0.05) is 0 Å². The van der Waals surface area contributed by atoms with Gasteiger partial charge in [0, 0.05) is 0 Å². The van der Waals surface area contributed by atoms with Crippen molar-refractivity contribution in [2.45, 2.75) is 0 Å². The van der Waals surface area contributed by atoms with E-state index in [0.29, 0.717) is 0 Å². The van der Waals surface area contributed by atoms with E-state index in [1.165, 1.54) is 0 Å². The van der Waals surface area contributed by atoms with E-state index in [1.54, 1.807) is 0 Å². The molecule has 8 aliphatic rings. The van der Waals surface area contributed by atoms with E-state index in [4.69, 9.17) is 0 Å². The standard InChI is InChI=1S/C16H16Ge16/c1-25-2-27-4-29-6-31-8-32-7-30-5-28-3-26(1)10-17-9(25)18-11(27)20-13(29)22-15(31)24-16(32)23-14(30)21-12(28)19-10/h1-8,17-24H. The van der Waals surface area contributed by atoms with E-state index in [1.807, 2.05) is 0 Å². The molecule has 0 amide bonds. The van der Waals surface area contributed by atoms with Crippen LogP contribution in [0.25, 0.3) is 0 Å². The van der Waals surface area contributed by atoms with Crippen molar-refractivity contribution in [2.24, 2.45) is 0 Å². The van der Waals surface area contributed by atoms with Crippen LogP contribution in [0.5, 0.6) is 0 Å². The Balaban J connectivity index is 1.42. The second-order valence-corrected chi connectivity index (χ2v) is 154. The third kappa shape index (κ3) is 4.41. The third-order valence-electron chi connectivity index (χ3n) is 7.64. The molecule has 0 aromatic heterocycles. The van der Waals surface area contributed by atoms with Gasteiger partial charge in [-0.25, -0.2) is 0 Å². The molecule has 0 fully saturated rings. The Labute approximate surface area is 269 Å². The minimum atomic E-state index is -0.831. The molecule has 0 spiro atoms. The van der Waals surface area contributed by atoms with Gasteiger partial charge in [0.2, 0.25) is 0 Å². The van der Waals surface area contributed by atoms with Crippen molar-refractivity contribution in [3.05, 3.63) is 0 Å². The molecule has 0 saturated heterocycles. The Morgan fingerprint density at radius 3 is 0.500 bits per heavy atom. The average molecular weight is 1370 g/mol. The van der Waals surface area contributed by atoms with Gasteiger partial charge < -0.3 is 0 Å². The van der Waals surface area contributed by atoms with Crippen LogP contribution in [0.2, 0.25) is 0 Å². The molecule has 8 aliphatic heterocycles. The Bertz CT molecular complexity index is 1170. The summed E-state index contributed by atoms with van der Waals surface area (Å²) in [7, 11) is 0. The van der Waals surface area contributed by atoms with Crippen molar-refractivity contribution >= 4 is 277 Å². The van der Waals surface area contributed by atoms with Gasteiger partial charge in [-0.15, -0.1) is 0 Å². The first-order chi connectivity index (χ1) is 15.7. The van der Waals surface area contributed by atoms with Gasteiger partial charge in [0.25, 0.3) is 0 Å². The summed E-state index contributed by atoms with van der Waals surface area (Å²) in [5.74, 6) is 0. The zero-order valence-electron chi connectivity index (χ0n) is 17.2. The van der Waals surface area contributed by atoms with E-state index in [-0.39, 0.29) is 120 Å². The van der Waals surface area contributed by atoms with E-state index in [9.17, 15) is 0 Å². The van der Waals surface area contributed by atoms with Gasteiger partial charge in [-0.2, -0.15) is 0 Å². The zero-order valence-corrected chi connectivity index (χ0v) is 53.4. The van der Waals surface area contributed by atoms with E-state index in [0.717, 1.165) is 0 Å². The van der Waals surface area contributed by atoms with Gasteiger partial charge >= 0.3 is 277 Å². The van der Waals surface area contributed by atoms with Crippen molar-refractivity contribution < 1.29 is 0 Å². The first kappa shape index (κ1) is 25.1. The van der Waals surface area contributed by atoms with E-state index < -0.39 is 111 Å². The fraction of sp³-hybridized carbons (Fsp3) is 0. The molecule has 144 valence electrons. The van der Waals surface area contributed by atoms with Crippen LogP contribution in [0.4, 0.5) is 0 Å². The Morgan fingerprint density at radius 1 is 0.250 bits per heavy atom. The van der Waals surface area contributed by atoms with Crippen molar-refractivity contribution in [3.63, 3.8) is 0 Å². The molecule has 0 aromatic rings. The molecule has 0 saturated carbocycles. The SMILES string of the molecule is [CH]1=[Ge]2[CH]=[Ge]3[CH]=[Ge]4[CH]=[Ge]5[CH]=[Ge]6[CH]=[Ge]7[CH]=[Ge]8[CH]=[Ge]1[C]1=[GeH][C]8=[GeH][C]7=[GeH][C]6=[GeH][C]5=[GeH][C]4=[GeH][C]3=[GeH][C]2=[GeH]1. The second kappa shape index (κ2) is 10.1. The monoisotopic (exact) mass is 1390 g/mol. The quantitative estimate of drug-likeness (QED) is 0.212. The summed E-state index contributed by atoms with van der Waals surface area (Å²) in [6.45, 7) is 0. The third-order valence-corrected chi connectivity index (χ3v) is 206. The molecule has 0 atom stereocenters. The molecule has 0 N–H and O–H groups in total. The second-order valence-electron chi connectivity index (χ2n) is 9.59. The summed E-state index contributed by atoms with van der Waals surface area (Å²) in [5, 5.41) is 0. The Morgan fingerprint density at radius 2 is 0.375 bits per heavy atom. The maximum absolute atomic E-state index is 3.39. The summed E-state index contributed by atoms with van der Waals surface area (Å²) < 4.78 is 47.8. The van der Waals surface area contributed by atoms with Crippen LogP contribution in [0.15, 0.2) is 0 Å². The summed E-state index contributed by atoms with van der Waals surface area (Å²) >= 11 is -6.10. The predicted octanol–water partition coefficient (Wildman–Crippen LogP) is -11.7. The molecule has 16 heteroatoms. The van der Waals surface area contributed by atoms with Crippen molar-refractivity contribution in [1.82, 2.24) is 0 Å². The van der Waals surface area contributed by atoms with Gasteiger partial charge in [-0.05, 0) is 0 Å². The molecule has 8 heterocycles. The average Bonchev–Trinajstić information content (AvgIpc) is 2.78. The van der Waals surface area contributed by atoms with Gasteiger partial charge in [-0.3, -0.25) is 0 Å².